The van der Waals surface area contributed by atoms with Gasteiger partial charge in [0, 0.05) is 66.9 Å². The second-order valence-electron chi connectivity index (χ2n) is 10.1. The van der Waals surface area contributed by atoms with E-state index in [1.807, 2.05) is 36.1 Å². The Morgan fingerprint density at radius 3 is 2.15 bits per heavy atom. The smallest absolute Gasteiger partial charge is 0.416 e. The predicted octanol–water partition coefficient (Wildman–Crippen LogP) is 9.14. The first-order valence-corrected chi connectivity index (χ1v) is 14.0. The second-order valence-corrected chi connectivity index (χ2v) is 10.1. The molecule has 4 nitrogen and oxygen atoms in total. The summed E-state index contributed by atoms with van der Waals surface area (Å²) in [5.74, 6) is 1.39. The SMILES string of the molecule is CCN(CC)c1ccc2c(c1)Oc1ccc(N(CC)c3cccc(C(F)(F)F)c3)cc1C2c1ccccc1COC. The third-order valence-corrected chi connectivity index (χ3v) is 7.74. The van der Waals surface area contributed by atoms with Crippen molar-refractivity contribution < 1.29 is 22.6 Å². The van der Waals surface area contributed by atoms with Crippen LogP contribution < -0.4 is 14.5 Å². The molecule has 0 N–H and O–H groups in total. The molecular weight excluding hydrogens is 525 g/mol. The molecule has 1 aliphatic rings. The van der Waals surface area contributed by atoms with Crippen molar-refractivity contribution in [3.8, 4) is 11.5 Å². The summed E-state index contributed by atoms with van der Waals surface area (Å²) in [6.45, 7) is 8.93. The normalized spacial score (nSPS) is 14.2. The second kappa shape index (κ2) is 11.9. The number of rotatable bonds is 9. The number of nitrogens with zero attached hydrogens (tertiary/aromatic N) is 2. The molecule has 0 radical (unpaired) electrons. The lowest BCUT2D eigenvalue weighted by atomic mass is 9.80. The van der Waals surface area contributed by atoms with Crippen molar-refractivity contribution in [2.24, 2.45) is 0 Å². The van der Waals surface area contributed by atoms with Crippen LogP contribution in [-0.4, -0.2) is 26.7 Å². The van der Waals surface area contributed by atoms with Crippen LogP contribution in [0.1, 0.15) is 54.5 Å². The van der Waals surface area contributed by atoms with Crippen LogP contribution >= 0.6 is 0 Å². The van der Waals surface area contributed by atoms with Crippen LogP contribution in [0.25, 0.3) is 0 Å². The molecule has 0 amide bonds. The van der Waals surface area contributed by atoms with Crippen LogP contribution in [-0.2, 0) is 17.5 Å². The molecule has 1 atom stereocenters. The molecule has 4 aromatic carbocycles. The summed E-state index contributed by atoms with van der Waals surface area (Å²) in [5, 5.41) is 0. The quantitative estimate of drug-likeness (QED) is 0.179. The minimum absolute atomic E-state index is 0.147. The van der Waals surface area contributed by atoms with Crippen LogP contribution in [0.2, 0.25) is 0 Å². The van der Waals surface area contributed by atoms with E-state index in [-0.39, 0.29) is 5.92 Å². The maximum absolute atomic E-state index is 13.5. The zero-order chi connectivity index (χ0) is 29.1. The molecule has 0 saturated carbocycles. The summed E-state index contributed by atoms with van der Waals surface area (Å²) in [7, 11) is 1.69. The highest BCUT2D eigenvalue weighted by molar-refractivity contribution is 5.70. The van der Waals surface area contributed by atoms with E-state index in [2.05, 4.69) is 55.1 Å². The molecule has 0 spiro atoms. The Morgan fingerprint density at radius 1 is 0.707 bits per heavy atom. The van der Waals surface area contributed by atoms with Gasteiger partial charge in [-0.2, -0.15) is 13.2 Å². The molecule has 0 fully saturated rings. The molecule has 0 bridgehead atoms. The Balaban J connectivity index is 1.66. The summed E-state index contributed by atoms with van der Waals surface area (Å²) >= 11 is 0. The monoisotopic (exact) mass is 560 g/mol. The average molecular weight is 561 g/mol. The fourth-order valence-corrected chi connectivity index (χ4v) is 5.75. The molecule has 1 heterocycles. The lowest BCUT2D eigenvalue weighted by Gasteiger charge is -2.33. The van der Waals surface area contributed by atoms with Crippen molar-refractivity contribution in [2.75, 3.05) is 36.5 Å². The third kappa shape index (κ3) is 5.64. The number of hydrogen-bond donors (Lipinski definition) is 0. The topological polar surface area (TPSA) is 24.9 Å². The van der Waals surface area contributed by atoms with E-state index < -0.39 is 11.7 Å². The average Bonchev–Trinajstić information content (AvgIpc) is 2.97. The van der Waals surface area contributed by atoms with Gasteiger partial charge in [-0.3, -0.25) is 0 Å². The maximum Gasteiger partial charge on any atom is 0.416 e. The molecular formula is C34H35F3N2O2. The minimum Gasteiger partial charge on any atom is -0.457 e. The minimum atomic E-state index is -4.41. The number of fused-ring (bicyclic) bond motifs is 2. The fraction of sp³-hybridized carbons (Fsp3) is 0.294. The highest BCUT2D eigenvalue weighted by atomic mass is 19.4. The van der Waals surface area contributed by atoms with Crippen LogP contribution in [0.4, 0.5) is 30.2 Å². The van der Waals surface area contributed by atoms with Gasteiger partial charge >= 0.3 is 6.18 Å². The van der Waals surface area contributed by atoms with Crippen LogP contribution in [0.15, 0.2) is 84.9 Å². The van der Waals surface area contributed by atoms with E-state index in [1.54, 1.807) is 13.2 Å². The number of hydrogen-bond acceptors (Lipinski definition) is 4. The molecule has 0 saturated heterocycles. The number of methoxy groups -OCH3 is 1. The zero-order valence-electron chi connectivity index (χ0n) is 23.8. The summed E-state index contributed by atoms with van der Waals surface area (Å²) in [6, 6.07) is 26.0. The van der Waals surface area contributed by atoms with Gasteiger partial charge in [-0.25, -0.2) is 0 Å². The maximum atomic E-state index is 13.5. The molecule has 4 aromatic rings. The van der Waals surface area contributed by atoms with Crippen molar-refractivity contribution in [2.45, 2.75) is 39.5 Å². The van der Waals surface area contributed by atoms with Gasteiger partial charge in [0.1, 0.15) is 11.5 Å². The summed E-state index contributed by atoms with van der Waals surface area (Å²) in [4.78, 5) is 4.18. The molecule has 41 heavy (non-hydrogen) atoms. The molecule has 214 valence electrons. The van der Waals surface area contributed by atoms with Crippen molar-refractivity contribution in [3.63, 3.8) is 0 Å². The molecule has 0 aromatic heterocycles. The molecule has 1 unspecified atom stereocenters. The van der Waals surface area contributed by atoms with E-state index in [9.17, 15) is 13.2 Å². The standard InChI is InChI=1S/C34H35F3N2O2/c1-5-38(6-2)25-15-17-29-32(21-25)41-31-18-16-27(39(7-3)26-13-10-12-24(19-26)34(35,36)37)20-30(31)33(29)28-14-9-8-11-23(28)22-40-4/h8-21,33H,5-7,22H2,1-4H3. The summed E-state index contributed by atoms with van der Waals surface area (Å²) in [6.07, 6.45) is -4.41. The van der Waals surface area contributed by atoms with Gasteiger partial charge in [-0.1, -0.05) is 36.4 Å². The highest BCUT2D eigenvalue weighted by Gasteiger charge is 2.33. The van der Waals surface area contributed by atoms with Gasteiger partial charge in [0.25, 0.3) is 0 Å². The van der Waals surface area contributed by atoms with Gasteiger partial charge in [0.15, 0.2) is 0 Å². The summed E-state index contributed by atoms with van der Waals surface area (Å²) in [5.41, 5.74) is 5.89. The van der Waals surface area contributed by atoms with Crippen molar-refractivity contribution in [1.82, 2.24) is 0 Å². The Hall–Kier alpha value is -3.97. The van der Waals surface area contributed by atoms with Gasteiger partial charge < -0.3 is 19.3 Å². The Kier molecular flexibility index (Phi) is 8.27. The zero-order valence-corrected chi connectivity index (χ0v) is 23.8. The molecule has 7 heteroatoms. The molecule has 1 aliphatic heterocycles. The summed E-state index contributed by atoms with van der Waals surface area (Å²) < 4.78 is 52.6. The number of benzene rings is 4. The van der Waals surface area contributed by atoms with Gasteiger partial charge in [-0.05, 0) is 74.4 Å². The molecule has 0 aliphatic carbocycles. The Labute approximate surface area is 239 Å². The number of alkyl halides is 3. The van der Waals surface area contributed by atoms with Gasteiger partial charge in [0.2, 0.25) is 0 Å². The fourth-order valence-electron chi connectivity index (χ4n) is 5.75. The van der Waals surface area contributed by atoms with E-state index >= 15 is 0 Å². The lowest BCUT2D eigenvalue weighted by Crippen LogP contribution is -2.22. The van der Waals surface area contributed by atoms with Crippen molar-refractivity contribution in [3.05, 3.63) is 113 Å². The van der Waals surface area contributed by atoms with Crippen molar-refractivity contribution in [1.29, 1.82) is 0 Å². The Morgan fingerprint density at radius 2 is 1.44 bits per heavy atom. The van der Waals surface area contributed by atoms with E-state index in [0.29, 0.717) is 18.8 Å². The number of ether oxygens (including phenoxy) is 2. The van der Waals surface area contributed by atoms with E-state index in [0.717, 1.165) is 64.3 Å². The largest absolute Gasteiger partial charge is 0.457 e. The lowest BCUT2D eigenvalue weighted by molar-refractivity contribution is -0.137. The van der Waals surface area contributed by atoms with Gasteiger partial charge in [-0.15, -0.1) is 0 Å². The van der Waals surface area contributed by atoms with Gasteiger partial charge in [0.05, 0.1) is 12.2 Å². The first-order valence-electron chi connectivity index (χ1n) is 14.0. The Bertz CT molecular complexity index is 1510. The molecule has 5 rings (SSSR count). The van der Waals surface area contributed by atoms with E-state index in [4.69, 9.17) is 9.47 Å². The number of anilines is 3. The van der Waals surface area contributed by atoms with Crippen LogP contribution in [0.5, 0.6) is 11.5 Å². The highest BCUT2D eigenvalue weighted by Crippen LogP contribution is 2.50. The van der Waals surface area contributed by atoms with Crippen LogP contribution in [0, 0.1) is 0 Å². The van der Waals surface area contributed by atoms with E-state index in [1.165, 1.54) is 12.1 Å². The predicted molar refractivity (Wildman–Crippen MR) is 159 cm³/mol. The van der Waals surface area contributed by atoms with Crippen molar-refractivity contribution >= 4 is 17.1 Å². The first-order chi connectivity index (χ1) is 19.8. The van der Waals surface area contributed by atoms with Crippen LogP contribution in [0.3, 0.4) is 0 Å². The first kappa shape index (κ1) is 28.6. The number of halogens is 3. The third-order valence-electron chi connectivity index (χ3n) is 7.74.